The van der Waals surface area contributed by atoms with Gasteiger partial charge in [0, 0.05) is 20.1 Å². The van der Waals surface area contributed by atoms with Crippen molar-refractivity contribution in [1.82, 2.24) is 9.78 Å². The Morgan fingerprint density at radius 2 is 2.11 bits per heavy atom. The maximum absolute atomic E-state index is 6.29. The average molecular weight is 250 g/mol. The quantitative estimate of drug-likeness (QED) is 0.874. The predicted octanol–water partition coefficient (Wildman–Crippen LogP) is 2.75. The Kier molecular flexibility index (Phi) is 3.83. The molecule has 1 fully saturated rings. The summed E-state index contributed by atoms with van der Waals surface area (Å²) < 4.78 is 1.95. The molecule has 1 heterocycles. The molecule has 0 unspecified atom stereocenters. The van der Waals surface area contributed by atoms with Crippen molar-refractivity contribution in [1.29, 1.82) is 0 Å². The minimum atomic E-state index is 0.382. The number of nitrogens with two attached hydrogens (primary N) is 1. The van der Waals surface area contributed by atoms with E-state index in [0.717, 1.165) is 36.2 Å². The smallest absolute Gasteiger partial charge is 0.150 e. The van der Waals surface area contributed by atoms with E-state index < -0.39 is 0 Å². The van der Waals surface area contributed by atoms with Gasteiger partial charge >= 0.3 is 0 Å². The van der Waals surface area contributed by atoms with E-state index in [9.17, 15) is 0 Å². The molecule has 2 rings (SSSR count). The Labute approximate surface area is 110 Å². The second-order valence-electron chi connectivity index (χ2n) is 5.74. The van der Waals surface area contributed by atoms with Crippen molar-refractivity contribution in [2.75, 3.05) is 23.7 Å². The summed E-state index contributed by atoms with van der Waals surface area (Å²) in [4.78, 5) is 2.39. The molecule has 1 aliphatic rings. The number of anilines is 2. The zero-order valence-electron chi connectivity index (χ0n) is 12.1. The lowest BCUT2D eigenvalue weighted by Gasteiger charge is -2.33. The minimum Gasteiger partial charge on any atom is -0.394 e. The summed E-state index contributed by atoms with van der Waals surface area (Å²) in [5, 5.41) is 4.58. The van der Waals surface area contributed by atoms with Crippen molar-refractivity contribution >= 4 is 11.5 Å². The molecule has 102 valence electrons. The highest BCUT2D eigenvalue weighted by atomic mass is 15.4. The van der Waals surface area contributed by atoms with Crippen molar-refractivity contribution in [3.8, 4) is 0 Å². The van der Waals surface area contributed by atoms with Crippen LogP contribution in [0.3, 0.4) is 0 Å². The molecule has 1 aliphatic carbocycles. The Hall–Kier alpha value is -1.19. The topological polar surface area (TPSA) is 47.1 Å². The lowest BCUT2D eigenvalue weighted by atomic mass is 9.85. The average Bonchev–Trinajstić information content (AvgIpc) is 2.55. The van der Waals surface area contributed by atoms with Gasteiger partial charge in [0.1, 0.15) is 5.82 Å². The molecule has 0 spiro atoms. The third-order valence-electron chi connectivity index (χ3n) is 4.01. The zero-order valence-corrected chi connectivity index (χ0v) is 12.1. The minimum absolute atomic E-state index is 0.382. The highest BCUT2D eigenvalue weighted by Crippen LogP contribution is 2.33. The van der Waals surface area contributed by atoms with Crippen LogP contribution in [0, 0.1) is 5.92 Å². The van der Waals surface area contributed by atoms with Gasteiger partial charge < -0.3 is 10.6 Å². The Balaban J connectivity index is 2.23. The molecule has 0 bridgehead atoms. The van der Waals surface area contributed by atoms with Crippen LogP contribution in [-0.2, 0) is 7.05 Å². The van der Waals surface area contributed by atoms with Gasteiger partial charge in [0.2, 0.25) is 0 Å². The van der Waals surface area contributed by atoms with Gasteiger partial charge in [-0.1, -0.05) is 20.3 Å². The van der Waals surface area contributed by atoms with Gasteiger partial charge in [-0.3, -0.25) is 4.68 Å². The molecule has 4 heteroatoms. The summed E-state index contributed by atoms with van der Waals surface area (Å²) in [6.07, 6.45) is 4.12. The fourth-order valence-electron chi connectivity index (χ4n) is 2.71. The number of hydrogen-bond acceptors (Lipinski definition) is 3. The molecule has 0 amide bonds. The molecule has 2 N–H and O–H groups in total. The van der Waals surface area contributed by atoms with E-state index in [1.165, 1.54) is 19.3 Å². The van der Waals surface area contributed by atoms with Crippen molar-refractivity contribution in [2.24, 2.45) is 13.0 Å². The van der Waals surface area contributed by atoms with E-state index >= 15 is 0 Å². The molecular formula is C14H26N4. The normalized spacial score (nSPS) is 16.1. The van der Waals surface area contributed by atoms with E-state index in [-0.39, 0.29) is 0 Å². The molecule has 0 saturated heterocycles. The molecular weight excluding hydrogens is 224 g/mol. The second kappa shape index (κ2) is 5.21. The highest BCUT2D eigenvalue weighted by Gasteiger charge is 2.25. The van der Waals surface area contributed by atoms with Crippen molar-refractivity contribution in [2.45, 2.75) is 46.0 Å². The first kappa shape index (κ1) is 13.2. The van der Waals surface area contributed by atoms with E-state index in [0.29, 0.717) is 5.92 Å². The SMILES string of the molecule is CCN(CC1CCC1)c1c(N)c(C(C)C)nn1C. The third-order valence-corrected chi connectivity index (χ3v) is 4.01. The Bertz CT molecular complexity index is 404. The lowest BCUT2D eigenvalue weighted by molar-refractivity contribution is 0.317. The van der Waals surface area contributed by atoms with Crippen LogP contribution in [0.4, 0.5) is 11.5 Å². The van der Waals surface area contributed by atoms with Crippen LogP contribution in [0.2, 0.25) is 0 Å². The van der Waals surface area contributed by atoms with Gasteiger partial charge in [0.05, 0.1) is 11.4 Å². The van der Waals surface area contributed by atoms with Gasteiger partial charge in [-0.25, -0.2) is 0 Å². The van der Waals surface area contributed by atoms with Crippen molar-refractivity contribution < 1.29 is 0 Å². The summed E-state index contributed by atoms with van der Waals surface area (Å²) >= 11 is 0. The van der Waals surface area contributed by atoms with Crippen LogP contribution in [0.5, 0.6) is 0 Å². The summed E-state index contributed by atoms with van der Waals surface area (Å²) in [5.41, 5.74) is 8.19. The molecule has 0 aromatic carbocycles. The number of hydrogen-bond donors (Lipinski definition) is 1. The van der Waals surface area contributed by atoms with Gasteiger partial charge in [0.25, 0.3) is 0 Å². The molecule has 4 nitrogen and oxygen atoms in total. The van der Waals surface area contributed by atoms with E-state index in [2.05, 4.69) is 30.8 Å². The van der Waals surface area contributed by atoms with Gasteiger partial charge in [-0.05, 0) is 31.6 Å². The molecule has 18 heavy (non-hydrogen) atoms. The van der Waals surface area contributed by atoms with Crippen LogP contribution < -0.4 is 10.6 Å². The van der Waals surface area contributed by atoms with E-state index in [4.69, 9.17) is 5.73 Å². The second-order valence-corrected chi connectivity index (χ2v) is 5.74. The van der Waals surface area contributed by atoms with Crippen LogP contribution in [0.15, 0.2) is 0 Å². The first-order valence-corrected chi connectivity index (χ1v) is 7.11. The summed E-state index contributed by atoms with van der Waals surface area (Å²) in [6, 6.07) is 0. The van der Waals surface area contributed by atoms with Gasteiger partial charge in [0.15, 0.2) is 0 Å². The molecule has 1 aromatic rings. The summed E-state index contributed by atoms with van der Waals surface area (Å²) in [7, 11) is 2.00. The number of rotatable bonds is 5. The van der Waals surface area contributed by atoms with Crippen LogP contribution in [0.25, 0.3) is 0 Å². The van der Waals surface area contributed by atoms with E-state index in [1.54, 1.807) is 0 Å². The first-order valence-electron chi connectivity index (χ1n) is 7.11. The monoisotopic (exact) mass is 250 g/mol. The zero-order chi connectivity index (χ0) is 13.3. The molecule has 0 atom stereocenters. The van der Waals surface area contributed by atoms with Crippen molar-refractivity contribution in [3.63, 3.8) is 0 Å². The fourth-order valence-corrected chi connectivity index (χ4v) is 2.71. The predicted molar refractivity (Wildman–Crippen MR) is 76.9 cm³/mol. The standard InChI is InChI=1S/C14H26N4/c1-5-18(9-11-7-6-8-11)14-12(15)13(10(2)3)16-17(14)4/h10-11H,5-9,15H2,1-4H3. The number of aromatic nitrogens is 2. The maximum Gasteiger partial charge on any atom is 0.150 e. The number of aryl methyl sites for hydroxylation is 1. The number of nitrogens with zero attached hydrogens (tertiary/aromatic N) is 3. The summed E-state index contributed by atoms with van der Waals surface area (Å²) in [5.74, 6) is 2.34. The Morgan fingerprint density at radius 3 is 2.50 bits per heavy atom. The fraction of sp³-hybridized carbons (Fsp3) is 0.786. The molecule has 1 aromatic heterocycles. The number of nitrogen functional groups attached to an aromatic ring is 1. The lowest BCUT2D eigenvalue weighted by Crippen LogP contribution is -2.34. The highest BCUT2D eigenvalue weighted by molar-refractivity contribution is 5.67. The van der Waals surface area contributed by atoms with Crippen LogP contribution in [0.1, 0.15) is 51.6 Å². The summed E-state index contributed by atoms with van der Waals surface area (Å²) in [6.45, 7) is 8.60. The van der Waals surface area contributed by atoms with Gasteiger partial charge in [-0.2, -0.15) is 5.10 Å². The largest absolute Gasteiger partial charge is 0.394 e. The first-order chi connectivity index (χ1) is 8.54. The third kappa shape index (κ3) is 2.33. The Morgan fingerprint density at radius 1 is 1.44 bits per heavy atom. The molecule has 0 radical (unpaired) electrons. The molecule has 0 aliphatic heterocycles. The van der Waals surface area contributed by atoms with Crippen molar-refractivity contribution in [3.05, 3.63) is 5.69 Å². The maximum atomic E-state index is 6.29. The van der Waals surface area contributed by atoms with Crippen LogP contribution >= 0.6 is 0 Å². The van der Waals surface area contributed by atoms with Gasteiger partial charge in [-0.15, -0.1) is 0 Å². The van der Waals surface area contributed by atoms with E-state index in [1.807, 2.05) is 11.7 Å². The molecule has 1 saturated carbocycles. The van der Waals surface area contributed by atoms with Crippen LogP contribution in [-0.4, -0.2) is 22.9 Å².